The minimum atomic E-state index is 0.270. The second kappa shape index (κ2) is 8.78. The third-order valence-electron chi connectivity index (χ3n) is 5.62. The zero-order valence-electron chi connectivity index (χ0n) is 17.7. The number of nitrogens with zero attached hydrogens (tertiary/aromatic N) is 2. The largest absolute Gasteiger partial charge is 0.490 e. The van der Waals surface area contributed by atoms with Gasteiger partial charge in [-0.3, -0.25) is 0 Å². The highest BCUT2D eigenvalue weighted by Gasteiger charge is 2.14. The summed E-state index contributed by atoms with van der Waals surface area (Å²) in [7, 11) is 0. The Kier molecular flexibility index (Phi) is 5.54. The van der Waals surface area contributed by atoms with Crippen molar-refractivity contribution in [3.8, 4) is 5.75 Å². The molecule has 1 aliphatic carbocycles. The average Bonchev–Trinajstić information content (AvgIpc) is 3.14. The summed E-state index contributed by atoms with van der Waals surface area (Å²) >= 11 is 0. The summed E-state index contributed by atoms with van der Waals surface area (Å²) in [5, 5.41) is 10.0. The van der Waals surface area contributed by atoms with Crippen molar-refractivity contribution in [3.63, 3.8) is 0 Å². The minimum Gasteiger partial charge on any atom is -0.490 e. The number of hydrogen-bond acceptors (Lipinski definition) is 6. The van der Waals surface area contributed by atoms with Crippen LogP contribution in [0.5, 0.6) is 5.75 Å². The summed E-state index contributed by atoms with van der Waals surface area (Å²) in [4.78, 5) is 8.99. The molecule has 3 N–H and O–H groups in total. The van der Waals surface area contributed by atoms with E-state index in [-0.39, 0.29) is 6.10 Å². The molecule has 2 aromatic carbocycles. The molecule has 3 aromatic rings. The number of rotatable bonds is 6. The lowest BCUT2D eigenvalue weighted by Gasteiger charge is -2.24. The Morgan fingerprint density at radius 2 is 1.87 bits per heavy atom. The molecule has 5 rings (SSSR count). The van der Waals surface area contributed by atoms with Gasteiger partial charge in [0.25, 0.3) is 0 Å². The standard InChI is InChI=1S/C25H27N5O/c1-17-13-18-5-6-21(15-19(18)14-17)28-24-9-12-27-25(30-24)29-20-3-2-4-23(16-20)31-22-7-10-26-11-8-22/h2-6,9,12,14-16,22,26H,7-8,10-11,13H2,1H3,(H2,27,28,29,30). The predicted octanol–water partition coefficient (Wildman–Crippen LogP) is 5.05. The van der Waals surface area contributed by atoms with Gasteiger partial charge < -0.3 is 20.7 Å². The first-order valence-corrected chi connectivity index (χ1v) is 10.9. The molecule has 1 fully saturated rings. The molecular formula is C25H27N5O. The molecule has 0 amide bonds. The van der Waals surface area contributed by atoms with Crippen molar-refractivity contribution in [1.82, 2.24) is 15.3 Å². The van der Waals surface area contributed by atoms with E-state index in [2.05, 4.69) is 57.1 Å². The van der Waals surface area contributed by atoms with Crippen LogP contribution in [0.15, 0.2) is 60.3 Å². The van der Waals surface area contributed by atoms with Gasteiger partial charge in [-0.2, -0.15) is 4.98 Å². The quantitative estimate of drug-likeness (QED) is 0.525. The Bertz CT molecular complexity index is 1100. The average molecular weight is 414 g/mol. The first kappa shape index (κ1) is 19.6. The lowest BCUT2D eigenvalue weighted by molar-refractivity contribution is 0.162. The van der Waals surface area contributed by atoms with Gasteiger partial charge in [0.05, 0.1) is 0 Å². The fraction of sp³-hybridized carbons (Fsp3) is 0.280. The normalized spacial score (nSPS) is 15.8. The molecule has 1 aliphatic heterocycles. The summed E-state index contributed by atoms with van der Waals surface area (Å²) < 4.78 is 6.14. The van der Waals surface area contributed by atoms with E-state index in [0.717, 1.165) is 55.3 Å². The van der Waals surface area contributed by atoms with Gasteiger partial charge >= 0.3 is 0 Å². The van der Waals surface area contributed by atoms with Crippen LogP contribution < -0.4 is 20.7 Å². The lowest BCUT2D eigenvalue weighted by atomic mass is 10.1. The number of aromatic nitrogens is 2. The number of benzene rings is 2. The molecule has 1 saturated heterocycles. The minimum absolute atomic E-state index is 0.270. The van der Waals surface area contributed by atoms with Crippen LogP contribution in [0.1, 0.15) is 30.9 Å². The lowest BCUT2D eigenvalue weighted by Crippen LogP contribution is -2.34. The highest BCUT2D eigenvalue weighted by atomic mass is 16.5. The van der Waals surface area contributed by atoms with E-state index in [1.165, 1.54) is 16.7 Å². The molecule has 0 saturated carbocycles. The van der Waals surface area contributed by atoms with Gasteiger partial charge in [0.1, 0.15) is 17.7 Å². The van der Waals surface area contributed by atoms with Crippen LogP contribution in [-0.2, 0) is 6.42 Å². The first-order chi connectivity index (χ1) is 15.2. The zero-order valence-corrected chi connectivity index (χ0v) is 17.7. The van der Waals surface area contributed by atoms with Crippen LogP contribution in [0.25, 0.3) is 6.08 Å². The highest BCUT2D eigenvalue weighted by Crippen LogP contribution is 2.28. The molecule has 31 heavy (non-hydrogen) atoms. The van der Waals surface area contributed by atoms with Crippen LogP contribution in [0.2, 0.25) is 0 Å². The van der Waals surface area contributed by atoms with Crippen LogP contribution in [0.4, 0.5) is 23.1 Å². The van der Waals surface area contributed by atoms with Crippen molar-refractivity contribution in [1.29, 1.82) is 0 Å². The van der Waals surface area contributed by atoms with Crippen molar-refractivity contribution >= 4 is 29.2 Å². The number of fused-ring (bicyclic) bond motifs is 1. The summed E-state index contributed by atoms with van der Waals surface area (Å²) in [6.45, 7) is 4.19. The van der Waals surface area contributed by atoms with Crippen LogP contribution in [0.3, 0.4) is 0 Å². The number of hydrogen-bond donors (Lipinski definition) is 3. The maximum atomic E-state index is 6.14. The first-order valence-electron chi connectivity index (χ1n) is 10.9. The van der Waals surface area contributed by atoms with Crippen molar-refractivity contribution in [3.05, 3.63) is 71.4 Å². The van der Waals surface area contributed by atoms with Crippen molar-refractivity contribution < 1.29 is 4.74 Å². The highest BCUT2D eigenvalue weighted by molar-refractivity contribution is 5.70. The van der Waals surface area contributed by atoms with Gasteiger partial charge in [-0.25, -0.2) is 4.98 Å². The van der Waals surface area contributed by atoms with Gasteiger partial charge in [0.15, 0.2) is 0 Å². The molecule has 1 aromatic heterocycles. The Balaban J connectivity index is 1.26. The number of anilines is 4. The molecule has 158 valence electrons. The summed E-state index contributed by atoms with van der Waals surface area (Å²) in [5.74, 6) is 2.16. The topological polar surface area (TPSA) is 71.1 Å². The smallest absolute Gasteiger partial charge is 0.229 e. The van der Waals surface area contributed by atoms with Crippen molar-refractivity contribution in [2.75, 3.05) is 23.7 Å². The number of allylic oxidation sites excluding steroid dienone is 1. The van der Waals surface area contributed by atoms with E-state index < -0.39 is 0 Å². The van der Waals surface area contributed by atoms with Gasteiger partial charge in [-0.1, -0.05) is 23.8 Å². The van der Waals surface area contributed by atoms with E-state index >= 15 is 0 Å². The van der Waals surface area contributed by atoms with E-state index in [1.54, 1.807) is 6.20 Å². The second-order valence-electron chi connectivity index (χ2n) is 8.19. The van der Waals surface area contributed by atoms with Crippen LogP contribution in [-0.4, -0.2) is 29.2 Å². The molecule has 6 nitrogen and oxygen atoms in total. The molecule has 0 atom stereocenters. The van der Waals surface area contributed by atoms with Crippen molar-refractivity contribution in [2.45, 2.75) is 32.3 Å². The van der Waals surface area contributed by atoms with E-state index in [1.807, 2.05) is 30.3 Å². The third kappa shape index (κ3) is 4.86. The van der Waals surface area contributed by atoms with Crippen LogP contribution >= 0.6 is 0 Å². The molecule has 0 bridgehead atoms. The second-order valence-corrected chi connectivity index (χ2v) is 8.19. The molecule has 0 unspecified atom stereocenters. The number of piperidine rings is 1. The van der Waals surface area contributed by atoms with E-state index in [9.17, 15) is 0 Å². The summed E-state index contributed by atoms with van der Waals surface area (Å²) in [5.41, 5.74) is 5.97. The number of nitrogens with one attached hydrogen (secondary N) is 3. The molecule has 0 spiro atoms. The fourth-order valence-corrected chi connectivity index (χ4v) is 4.10. The van der Waals surface area contributed by atoms with Gasteiger partial charge in [0.2, 0.25) is 5.95 Å². The third-order valence-corrected chi connectivity index (χ3v) is 5.62. The Hall–Kier alpha value is -3.38. The molecule has 6 heteroatoms. The SMILES string of the molecule is CC1=Cc2cc(Nc3ccnc(Nc4cccc(OC5CCNCC5)c4)n3)ccc2C1. The zero-order chi connectivity index (χ0) is 21.0. The van der Waals surface area contributed by atoms with Gasteiger partial charge in [-0.05, 0) is 80.7 Å². The molecule has 0 radical (unpaired) electrons. The summed E-state index contributed by atoms with van der Waals surface area (Å²) in [6.07, 6.45) is 7.37. The monoisotopic (exact) mass is 413 g/mol. The van der Waals surface area contributed by atoms with Gasteiger partial charge in [0, 0.05) is 23.6 Å². The van der Waals surface area contributed by atoms with E-state index in [4.69, 9.17) is 4.74 Å². The Labute approximate surface area is 182 Å². The van der Waals surface area contributed by atoms with Gasteiger partial charge in [-0.15, -0.1) is 0 Å². The Morgan fingerprint density at radius 3 is 2.77 bits per heavy atom. The predicted molar refractivity (Wildman–Crippen MR) is 125 cm³/mol. The number of ether oxygens (including phenoxy) is 1. The molecule has 2 heterocycles. The fourth-order valence-electron chi connectivity index (χ4n) is 4.10. The molecule has 2 aliphatic rings. The Morgan fingerprint density at radius 1 is 1.00 bits per heavy atom. The van der Waals surface area contributed by atoms with Crippen molar-refractivity contribution in [2.24, 2.45) is 0 Å². The van der Waals surface area contributed by atoms with Crippen LogP contribution in [0, 0.1) is 0 Å². The summed E-state index contributed by atoms with van der Waals surface area (Å²) in [6, 6.07) is 16.3. The van der Waals surface area contributed by atoms with E-state index in [0.29, 0.717) is 5.95 Å². The maximum Gasteiger partial charge on any atom is 0.229 e. The maximum absolute atomic E-state index is 6.14. The molecular weight excluding hydrogens is 386 g/mol.